The molecule has 0 radical (unpaired) electrons. The van der Waals surface area contributed by atoms with E-state index in [1.54, 1.807) is 18.2 Å². The van der Waals surface area contributed by atoms with E-state index in [0.717, 1.165) is 25.7 Å². The predicted octanol–water partition coefficient (Wildman–Crippen LogP) is 4.48. The van der Waals surface area contributed by atoms with Crippen molar-refractivity contribution < 1.29 is 14.6 Å². The van der Waals surface area contributed by atoms with E-state index in [-0.39, 0.29) is 5.75 Å². The van der Waals surface area contributed by atoms with Crippen LogP contribution in [0, 0.1) is 0 Å². The molecule has 0 aliphatic carbocycles. The van der Waals surface area contributed by atoms with Crippen molar-refractivity contribution in [3.63, 3.8) is 0 Å². The van der Waals surface area contributed by atoms with Gasteiger partial charge in [0, 0.05) is 12.1 Å². The highest BCUT2D eigenvalue weighted by atomic mass is 16.5. The SMILES string of the molecule is CCCCOc1cc2nn(-c3ccccc3O)nc2cc1OCCCC. The highest BCUT2D eigenvalue weighted by molar-refractivity contribution is 5.79. The summed E-state index contributed by atoms with van der Waals surface area (Å²) in [6.45, 7) is 5.53. The van der Waals surface area contributed by atoms with Crippen LogP contribution in [0.25, 0.3) is 16.7 Å². The first kappa shape index (κ1) is 18.0. The molecule has 26 heavy (non-hydrogen) atoms. The molecule has 1 heterocycles. The molecule has 1 N–H and O–H groups in total. The minimum Gasteiger partial charge on any atom is -0.506 e. The molecule has 0 spiro atoms. The van der Waals surface area contributed by atoms with Crippen molar-refractivity contribution in [1.29, 1.82) is 0 Å². The zero-order valence-electron chi connectivity index (χ0n) is 15.3. The number of rotatable bonds is 9. The van der Waals surface area contributed by atoms with Gasteiger partial charge in [-0.3, -0.25) is 0 Å². The van der Waals surface area contributed by atoms with Crippen LogP contribution in [0.3, 0.4) is 0 Å². The lowest BCUT2D eigenvalue weighted by Gasteiger charge is -2.12. The Morgan fingerprint density at radius 2 is 1.42 bits per heavy atom. The number of para-hydroxylation sites is 2. The first-order chi connectivity index (χ1) is 12.7. The third-order valence-corrected chi connectivity index (χ3v) is 4.05. The highest BCUT2D eigenvalue weighted by Crippen LogP contribution is 2.32. The number of benzene rings is 2. The van der Waals surface area contributed by atoms with Crippen molar-refractivity contribution in [1.82, 2.24) is 15.0 Å². The maximum atomic E-state index is 10.0. The molecule has 0 saturated carbocycles. The van der Waals surface area contributed by atoms with Gasteiger partial charge in [0.15, 0.2) is 11.5 Å². The van der Waals surface area contributed by atoms with Gasteiger partial charge in [-0.25, -0.2) is 0 Å². The van der Waals surface area contributed by atoms with Crippen LogP contribution in [0.4, 0.5) is 0 Å². The molecule has 0 saturated heterocycles. The Morgan fingerprint density at radius 1 is 0.885 bits per heavy atom. The maximum Gasteiger partial charge on any atom is 0.163 e. The van der Waals surface area contributed by atoms with Gasteiger partial charge in [-0.15, -0.1) is 15.0 Å². The highest BCUT2D eigenvalue weighted by Gasteiger charge is 2.14. The van der Waals surface area contributed by atoms with E-state index in [0.29, 0.717) is 41.4 Å². The normalized spacial score (nSPS) is 11.0. The summed E-state index contributed by atoms with van der Waals surface area (Å²) in [5, 5.41) is 19.0. The number of phenolic OH excluding ortho intramolecular Hbond substituents is 1. The van der Waals surface area contributed by atoms with Crippen molar-refractivity contribution in [3.05, 3.63) is 36.4 Å². The fraction of sp³-hybridized carbons (Fsp3) is 0.400. The summed E-state index contributed by atoms with van der Waals surface area (Å²) in [7, 11) is 0. The molecule has 3 aromatic rings. The van der Waals surface area contributed by atoms with E-state index >= 15 is 0 Å². The van der Waals surface area contributed by atoms with Crippen LogP contribution in [0.1, 0.15) is 39.5 Å². The number of unbranched alkanes of at least 4 members (excludes halogenated alkanes) is 2. The van der Waals surface area contributed by atoms with Crippen LogP contribution < -0.4 is 9.47 Å². The molecule has 0 aliphatic rings. The van der Waals surface area contributed by atoms with Gasteiger partial charge >= 0.3 is 0 Å². The zero-order chi connectivity index (χ0) is 18.4. The number of nitrogens with zero attached hydrogens (tertiary/aromatic N) is 3. The molecule has 0 fully saturated rings. The third-order valence-electron chi connectivity index (χ3n) is 4.05. The second-order valence-corrected chi connectivity index (χ2v) is 6.17. The van der Waals surface area contributed by atoms with Crippen molar-refractivity contribution in [2.75, 3.05) is 13.2 Å². The second-order valence-electron chi connectivity index (χ2n) is 6.17. The number of hydrogen-bond acceptors (Lipinski definition) is 5. The Bertz CT molecular complexity index is 814. The Labute approximate surface area is 153 Å². The fourth-order valence-corrected chi connectivity index (χ4v) is 2.54. The van der Waals surface area contributed by atoms with Crippen LogP contribution in [0.5, 0.6) is 17.2 Å². The van der Waals surface area contributed by atoms with Gasteiger partial charge in [0.05, 0.1) is 13.2 Å². The first-order valence-electron chi connectivity index (χ1n) is 9.18. The van der Waals surface area contributed by atoms with Crippen LogP contribution in [-0.4, -0.2) is 33.3 Å². The molecule has 0 amide bonds. The van der Waals surface area contributed by atoms with E-state index in [9.17, 15) is 5.11 Å². The number of ether oxygens (including phenoxy) is 2. The van der Waals surface area contributed by atoms with Gasteiger partial charge in [0.2, 0.25) is 0 Å². The van der Waals surface area contributed by atoms with Crippen molar-refractivity contribution in [3.8, 4) is 22.9 Å². The van der Waals surface area contributed by atoms with Crippen LogP contribution >= 0.6 is 0 Å². The largest absolute Gasteiger partial charge is 0.506 e. The summed E-state index contributed by atoms with van der Waals surface area (Å²) in [6, 6.07) is 10.7. The molecule has 2 aromatic carbocycles. The molecule has 3 rings (SSSR count). The molecular formula is C20H25N3O3. The molecule has 0 unspecified atom stereocenters. The summed E-state index contributed by atoms with van der Waals surface area (Å²) in [4.78, 5) is 1.44. The molecule has 1 aromatic heterocycles. The monoisotopic (exact) mass is 355 g/mol. The number of aromatic nitrogens is 3. The zero-order valence-corrected chi connectivity index (χ0v) is 15.3. The average Bonchev–Trinajstić information content (AvgIpc) is 3.05. The van der Waals surface area contributed by atoms with E-state index in [2.05, 4.69) is 24.0 Å². The van der Waals surface area contributed by atoms with Gasteiger partial charge in [0.25, 0.3) is 0 Å². The van der Waals surface area contributed by atoms with E-state index in [4.69, 9.17) is 9.47 Å². The fourth-order valence-electron chi connectivity index (χ4n) is 2.54. The van der Waals surface area contributed by atoms with Crippen molar-refractivity contribution in [2.45, 2.75) is 39.5 Å². The van der Waals surface area contributed by atoms with Gasteiger partial charge in [-0.05, 0) is 25.0 Å². The smallest absolute Gasteiger partial charge is 0.163 e. The minimum atomic E-state index is 0.131. The molecule has 6 heteroatoms. The number of fused-ring (bicyclic) bond motifs is 1. The van der Waals surface area contributed by atoms with Gasteiger partial charge in [-0.1, -0.05) is 38.8 Å². The standard InChI is InChI=1S/C20H25N3O3/c1-3-5-11-25-19-13-15-16(14-20(19)26-12-6-4-2)22-23(21-15)17-9-7-8-10-18(17)24/h7-10,13-14,24H,3-6,11-12H2,1-2H3. The molecule has 0 bridgehead atoms. The van der Waals surface area contributed by atoms with Crippen molar-refractivity contribution >= 4 is 11.0 Å². The lowest BCUT2D eigenvalue weighted by molar-refractivity contribution is 0.262. The molecular weight excluding hydrogens is 330 g/mol. The molecule has 0 atom stereocenters. The lowest BCUT2D eigenvalue weighted by Crippen LogP contribution is -2.02. The van der Waals surface area contributed by atoms with Gasteiger partial charge < -0.3 is 14.6 Å². The van der Waals surface area contributed by atoms with Crippen LogP contribution in [0.15, 0.2) is 36.4 Å². The lowest BCUT2D eigenvalue weighted by atomic mass is 10.2. The summed E-state index contributed by atoms with van der Waals surface area (Å²) < 4.78 is 11.8. The Morgan fingerprint density at radius 3 is 1.92 bits per heavy atom. The summed E-state index contributed by atoms with van der Waals surface area (Å²) in [6.07, 6.45) is 4.10. The quantitative estimate of drug-likeness (QED) is 0.573. The number of aromatic hydroxyl groups is 1. The molecule has 6 nitrogen and oxygen atoms in total. The predicted molar refractivity (Wildman–Crippen MR) is 101 cm³/mol. The Balaban J connectivity index is 1.95. The average molecular weight is 355 g/mol. The Kier molecular flexibility index (Phi) is 5.94. The van der Waals surface area contributed by atoms with Crippen molar-refractivity contribution in [2.24, 2.45) is 0 Å². The maximum absolute atomic E-state index is 10.0. The minimum absolute atomic E-state index is 0.131. The van der Waals surface area contributed by atoms with E-state index < -0.39 is 0 Å². The summed E-state index contributed by atoms with van der Waals surface area (Å²) >= 11 is 0. The number of phenols is 1. The van der Waals surface area contributed by atoms with E-state index in [1.165, 1.54) is 4.80 Å². The topological polar surface area (TPSA) is 69.4 Å². The second kappa shape index (κ2) is 8.56. The number of hydrogen-bond donors (Lipinski definition) is 1. The molecule has 138 valence electrons. The third kappa shape index (κ3) is 4.07. The Hall–Kier alpha value is -2.76. The van der Waals surface area contributed by atoms with E-state index in [1.807, 2.05) is 18.2 Å². The van der Waals surface area contributed by atoms with Gasteiger partial charge in [-0.2, -0.15) is 0 Å². The molecule has 0 aliphatic heterocycles. The summed E-state index contributed by atoms with van der Waals surface area (Å²) in [5.41, 5.74) is 1.93. The summed E-state index contributed by atoms with van der Waals surface area (Å²) in [5.74, 6) is 1.50. The first-order valence-corrected chi connectivity index (χ1v) is 9.18. The van der Waals surface area contributed by atoms with Crippen LogP contribution in [0.2, 0.25) is 0 Å². The van der Waals surface area contributed by atoms with Gasteiger partial charge in [0.1, 0.15) is 22.5 Å². The van der Waals surface area contributed by atoms with Crippen LogP contribution in [-0.2, 0) is 0 Å².